The number of hydrogen-bond donors (Lipinski definition) is 2. The third kappa shape index (κ3) is 4.48. The number of halogens is 1. The van der Waals surface area contributed by atoms with Crippen molar-refractivity contribution in [3.63, 3.8) is 0 Å². The van der Waals surface area contributed by atoms with Crippen molar-refractivity contribution in [2.75, 3.05) is 13.7 Å². The van der Waals surface area contributed by atoms with Gasteiger partial charge in [-0.3, -0.25) is 4.79 Å². The Labute approximate surface area is 134 Å². The second-order valence-electron chi connectivity index (χ2n) is 4.88. The third-order valence-electron chi connectivity index (χ3n) is 3.27. The van der Waals surface area contributed by atoms with Gasteiger partial charge in [0.2, 0.25) is 0 Å². The Bertz CT molecular complexity index is 628. The van der Waals surface area contributed by atoms with Gasteiger partial charge in [0.25, 0.3) is 5.91 Å². The van der Waals surface area contributed by atoms with E-state index in [2.05, 4.69) is 5.32 Å². The third-order valence-corrected chi connectivity index (χ3v) is 3.51. The van der Waals surface area contributed by atoms with Gasteiger partial charge in [-0.2, -0.15) is 0 Å². The molecule has 0 bridgehead atoms. The SMILES string of the molecule is COC(C(=O)NCCc1cccc(Cl)c1)c1ccc(O)cc1. The van der Waals surface area contributed by atoms with E-state index in [0.717, 1.165) is 5.56 Å². The van der Waals surface area contributed by atoms with E-state index in [-0.39, 0.29) is 11.7 Å². The van der Waals surface area contributed by atoms with Crippen LogP contribution in [0.25, 0.3) is 0 Å². The van der Waals surface area contributed by atoms with Crippen molar-refractivity contribution >= 4 is 17.5 Å². The molecule has 0 aliphatic carbocycles. The quantitative estimate of drug-likeness (QED) is 0.860. The molecule has 0 saturated carbocycles. The van der Waals surface area contributed by atoms with Gasteiger partial charge in [-0.15, -0.1) is 0 Å². The average molecular weight is 320 g/mol. The van der Waals surface area contributed by atoms with Crippen LogP contribution in [0.15, 0.2) is 48.5 Å². The number of phenols is 1. The fourth-order valence-corrected chi connectivity index (χ4v) is 2.37. The van der Waals surface area contributed by atoms with Crippen molar-refractivity contribution in [3.8, 4) is 5.75 Å². The summed E-state index contributed by atoms with van der Waals surface area (Å²) in [6.07, 6.45) is -0.00171. The topological polar surface area (TPSA) is 58.6 Å². The van der Waals surface area contributed by atoms with Crippen molar-refractivity contribution in [2.24, 2.45) is 0 Å². The first-order valence-electron chi connectivity index (χ1n) is 6.94. The molecule has 0 radical (unpaired) electrons. The Kier molecular flexibility index (Phi) is 5.81. The van der Waals surface area contributed by atoms with Gasteiger partial charge in [0.1, 0.15) is 5.75 Å². The summed E-state index contributed by atoms with van der Waals surface area (Å²) in [6.45, 7) is 0.497. The lowest BCUT2D eigenvalue weighted by Crippen LogP contribution is -2.31. The van der Waals surface area contributed by atoms with Gasteiger partial charge >= 0.3 is 0 Å². The number of phenolic OH excluding ortho intramolecular Hbond substituents is 1. The van der Waals surface area contributed by atoms with Gasteiger partial charge in [-0.05, 0) is 41.8 Å². The summed E-state index contributed by atoms with van der Waals surface area (Å²) < 4.78 is 5.25. The highest BCUT2D eigenvalue weighted by Gasteiger charge is 2.19. The van der Waals surface area contributed by atoms with E-state index in [1.165, 1.54) is 19.2 Å². The number of carbonyl (C=O) groups is 1. The van der Waals surface area contributed by atoms with E-state index in [9.17, 15) is 9.90 Å². The summed E-state index contributed by atoms with van der Waals surface area (Å²) in [5, 5.41) is 12.8. The average Bonchev–Trinajstić information content (AvgIpc) is 2.50. The number of methoxy groups -OCH3 is 1. The summed E-state index contributed by atoms with van der Waals surface area (Å²) in [4.78, 5) is 12.2. The van der Waals surface area contributed by atoms with Crippen molar-refractivity contribution < 1.29 is 14.6 Å². The number of ether oxygens (including phenoxy) is 1. The molecule has 116 valence electrons. The van der Waals surface area contributed by atoms with E-state index < -0.39 is 6.10 Å². The first-order valence-corrected chi connectivity index (χ1v) is 7.32. The molecule has 1 amide bonds. The van der Waals surface area contributed by atoms with E-state index in [4.69, 9.17) is 16.3 Å². The summed E-state index contributed by atoms with van der Waals surface area (Å²) in [7, 11) is 1.48. The zero-order chi connectivity index (χ0) is 15.9. The zero-order valence-electron chi connectivity index (χ0n) is 12.3. The zero-order valence-corrected chi connectivity index (χ0v) is 13.0. The Morgan fingerprint density at radius 2 is 2.00 bits per heavy atom. The van der Waals surface area contributed by atoms with Crippen LogP contribution in [-0.2, 0) is 16.0 Å². The molecular formula is C17H18ClNO3. The lowest BCUT2D eigenvalue weighted by molar-refractivity contribution is -0.131. The molecular weight excluding hydrogens is 302 g/mol. The number of rotatable bonds is 6. The van der Waals surface area contributed by atoms with Gasteiger partial charge in [-0.25, -0.2) is 0 Å². The largest absolute Gasteiger partial charge is 0.508 e. The van der Waals surface area contributed by atoms with Crippen molar-refractivity contribution in [1.29, 1.82) is 0 Å². The standard InChI is InChI=1S/C17H18ClNO3/c1-22-16(13-5-7-15(20)8-6-13)17(21)19-10-9-12-3-2-4-14(18)11-12/h2-8,11,16,20H,9-10H2,1H3,(H,19,21). The minimum atomic E-state index is -0.694. The molecule has 4 nitrogen and oxygen atoms in total. The van der Waals surface area contributed by atoms with Crippen LogP contribution < -0.4 is 5.32 Å². The second kappa shape index (κ2) is 7.82. The van der Waals surface area contributed by atoms with Crippen LogP contribution in [0.3, 0.4) is 0 Å². The molecule has 0 spiro atoms. The number of amides is 1. The Morgan fingerprint density at radius 1 is 1.27 bits per heavy atom. The van der Waals surface area contributed by atoms with Crippen LogP contribution in [0.5, 0.6) is 5.75 Å². The van der Waals surface area contributed by atoms with Gasteiger partial charge < -0.3 is 15.2 Å². The Hall–Kier alpha value is -2.04. The normalized spacial score (nSPS) is 11.9. The molecule has 2 rings (SSSR count). The van der Waals surface area contributed by atoms with Crippen molar-refractivity contribution in [1.82, 2.24) is 5.32 Å². The van der Waals surface area contributed by atoms with Gasteiger partial charge in [-0.1, -0.05) is 35.9 Å². The van der Waals surface area contributed by atoms with Crippen molar-refractivity contribution in [3.05, 3.63) is 64.7 Å². The molecule has 0 aromatic heterocycles. The number of aromatic hydroxyl groups is 1. The van der Waals surface area contributed by atoms with Gasteiger partial charge in [0.05, 0.1) is 0 Å². The molecule has 0 aliphatic heterocycles. The number of carbonyl (C=O) groups excluding carboxylic acids is 1. The fourth-order valence-electron chi connectivity index (χ4n) is 2.16. The summed E-state index contributed by atoms with van der Waals surface area (Å²) in [5.74, 6) is -0.0600. The van der Waals surface area contributed by atoms with E-state index in [1.807, 2.05) is 24.3 Å². The van der Waals surface area contributed by atoms with Crippen LogP contribution in [0.4, 0.5) is 0 Å². The number of nitrogens with one attached hydrogen (secondary N) is 1. The lowest BCUT2D eigenvalue weighted by atomic mass is 10.1. The molecule has 1 unspecified atom stereocenters. The first-order chi connectivity index (χ1) is 10.6. The maximum atomic E-state index is 12.2. The molecule has 0 heterocycles. The molecule has 2 aromatic rings. The van der Waals surface area contributed by atoms with E-state index >= 15 is 0 Å². The van der Waals surface area contributed by atoms with Gasteiger partial charge in [0, 0.05) is 18.7 Å². The molecule has 5 heteroatoms. The summed E-state index contributed by atoms with van der Waals surface area (Å²) in [5.41, 5.74) is 1.76. The highest BCUT2D eigenvalue weighted by atomic mass is 35.5. The van der Waals surface area contributed by atoms with Crippen LogP contribution in [0, 0.1) is 0 Å². The molecule has 0 saturated heterocycles. The first kappa shape index (κ1) is 16.3. The summed E-state index contributed by atoms with van der Waals surface area (Å²) >= 11 is 5.92. The molecule has 2 N–H and O–H groups in total. The highest BCUT2D eigenvalue weighted by molar-refractivity contribution is 6.30. The number of hydrogen-bond acceptors (Lipinski definition) is 3. The van der Waals surface area contributed by atoms with Crippen LogP contribution in [0.2, 0.25) is 5.02 Å². The van der Waals surface area contributed by atoms with E-state index in [0.29, 0.717) is 23.6 Å². The predicted octanol–water partition coefficient (Wildman–Crippen LogP) is 3.09. The fraction of sp³-hybridized carbons (Fsp3) is 0.235. The highest BCUT2D eigenvalue weighted by Crippen LogP contribution is 2.19. The molecule has 22 heavy (non-hydrogen) atoms. The molecule has 0 aliphatic rings. The van der Waals surface area contributed by atoms with Crippen molar-refractivity contribution in [2.45, 2.75) is 12.5 Å². The minimum absolute atomic E-state index is 0.153. The smallest absolute Gasteiger partial charge is 0.253 e. The maximum Gasteiger partial charge on any atom is 0.253 e. The lowest BCUT2D eigenvalue weighted by Gasteiger charge is -2.15. The van der Waals surface area contributed by atoms with E-state index in [1.54, 1.807) is 12.1 Å². The monoisotopic (exact) mass is 319 g/mol. The summed E-state index contributed by atoms with van der Waals surface area (Å²) in [6, 6.07) is 13.9. The van der Waals surface area contributed by atoms with Crippen LogP contribution >= 0.6 is 11.6 Å². The Morgan fingerprint density at radius 3 is 2.64 bits per heavy atom. The number of benzene rings is 2. The minimum Gasteiger partial charge on any atom is -0.508 e. The van der Waals surface area contributed by atoms with Crippen LogP contribution in [-0.4, -0.2) is 24.7 Å². The Balaban J connectivity index is 1.91. The maximum absolute atomic E-state index is 12.2. The molecule has 0 fully saturated rings. The second-order valence-corrected chi connectivity index (χ2v) is 5.31. The molecule has 1 atom stereocenters. The van der Waals surface area contributed by atoms with Crippen LogP contribution in [0.1, 0.15) is 17.2 Å². The molecule has 2 aromatic carbocycles. The predicted molar refractivity (Wildman–Crippen MR) is 86.0 cm³/mol. The van der Waals surface area contributed by atoms with Gasteiger partial charge in [0.15, 0.2) is 6.10 Å².